The van der Waals surface area contributed by atoms with E-state index in [0.29, 0.717) is 18.3 Å². The highest BCUT2D eigenvalue weighted by molar-refractivity contribution is 8.00. The van der Waals surface area contributed by atoms with Gasteiger partial charge in [-0.15, -0.1) is 18.3 Å². The van der Waals surface area contributed by atoms with Crippen molar-refractivity contribution in [2.75, 3.05) is 12.3 Å². The second-order valence-corrected chi connectivity index (χ2v) is 7.74. The smallest absolute Gasteiger partial charge is 0.272 e. The summed E-state index contributed by atoms with van der Waals surface area (Å²) in [6.07, 6.45) is 4.78. The van der Waals surface area contributed by atoms with Gasteiger partial charge in [0.1, 0.15) is 0 Å². The number of fused-ring (bicyclic) bond motifs is 1. The summed E-state index contributed by atoms with van der Waals surface area (Å²) in [7, 11) is 0. The number of hydrogen-bond donors (Lipinski definition) is 1. The third-order valence-corrected chi connectivity index (χ3v) is 5.41. The molecule has 0 radical (unpaired) electrons. The minimum Gasteiger partial charge on any atom is -0.348 e. The van der Waals surface area contributed by atoms with Gasteiger partial charge in [-0.25, -0.2) is 0 Å². The molecule has 1 aliphatic heterocycles. The first-order valence-corrected chi connectivity index (χ1v) is 9.52. The Kier molecular flexibility index (Phi) is 5.28. The highest BCUT2D eigenvalue weighted by Crippen LogP contribution is 2.21. The number of amides is 2. The number of nitrogens with one attached hydrogen (secondary N) is 1. The molecule has 24 heavy (non-hydrogen) atoms. The van der Waals surface area contributed by atoms with Crippen molar-refractivity contribution in [3.63, 3.8) is 0 Å². The van der Waals surface area contributed by atoms with Crippen molar-refractivity contribution < 1.29 is 9.59 Å². The van der Waals surface area contributed by atoms with Gasteiger partial charge < -0.3 is 10.2 Å². The normalized spacial score (nSPS) is 18.5. The van der Waals surface area contributed by atoms with E-state index in [1.165, 1.54) is 0 Å². The molecule has 0 spiro atoms. The molecule has 1 unspecified atom stereocenters. The fourth-order valence-corrected chi connectivity index (χ4v) is 3.51. The van der Waals surface area contributed by atoms with Crippen LogP contribution in [0.15, 0.2) is 18.7 Å². The zero-order chi connectivity index (χ0) is 17.1. The molecular weight excluding hydrogens is 324 g/mol. The molecule has 1 aromatic heterocycles. The van der Waals surface area contributed by atoms with E-state index in [4.69, 9.17) is 0 Å². The van der Waals surface area contributed by atoms with Crippen molar-refractivity contribution in [2.45, 2.75) is 50.6 Å². The molecule has 0 bridgehead atoms. The molecule has 2 aliphatic rings. The lowest BCUT2D eigenvalue weighted by atomic mass is 10.3. The number of nitrogens with zero attached hydrogens (tertiary/aromatic N) is 3. The number of hydrogen-bond acceptors (Lipinski definition) is 4. The third-order valence-electron chi connectivity index (χ3n) is 4.28. The van der Waals surface area contributed by atoms with Crippen LogP contribution in [0.3, 0.4) is 0 Å². The lowest BCUT2D eigenvalue weighted by Gasteiger charge is -2.23. The van der Waals surface area contributed by atoms with E-state index in [9.17, 15) is 9.59 Å². The molecule has 2 heterocycles. The molecule has 1 saturated carbocycles. The number of carbonyl (C=O) groups excluding carboxylic acids is 2. The average Bonchev–Trinajstić information content (AvgIpc) is 3.33. The minimum atomic E-state index is -0.106. The van der Waals surface area contributed by atoms with Crippen LogP contribution in [0.1, 0.15) is 42.4 Å². The van der Waals surface area contributed by atoms with Crippen LogP contribution < -0.4 is 5.32 Å². The molecule has 130 valence electrons. The van der Waals surface area contributed by atoms with Crippen LogP contribution in [0, 0.1) is 0 Å². The van der Waals surface area contributed by atoms with E-state index in [-0.39, 0.29) is 17.1 Å². The summed E-state index contributed by atoms with van der Waals surface area (Å²) in [5.41, 5.74) is 1.39. The SMILES string of the molecule is C=CCSC(C)C(=O)N1CCCn2nc(C(=O)NC3CC3)cc2C1. The van der Waals surface area contributed by atoms with Gasteiger partial charge >= 0.3 is 0 Å². The molecular formula is C17H24N4O2S. The molecule has 1 atom stereocenters. The van der Waals surface area contributed by atoms with Crippen LogP contribution in [-0.4, -0.2) is 50.1 Å². The number of rotatable bonds is 6. The second-order valence-electron chi connectivity index (χ2n) is 6.37. The fourth-order valence-electron chi connectivity index (χ4n) is 2.79. The first-order chi connectivity index (χ1) is 11.6. The van der Waals surface area contributed by atoms with Crippen LogP contribution in [0.4, 0.5) is 0 Å². The number of aryl methyl sites for hydroxylation is 1. The van der Waals surface area contributed by atoms with Crippen LogP contribution >= 0.6 is 11.8 Å². The Labute approximate surface area is 146 Å². The summed E-state index contributed by atoms with van der Waals surface area (Å²) >= 11 is 1.59. The maximum absolute atomic E-state index is 12.6. The Bertz CT molecular complexity index is 639. The van der Waals surface area contributed by atoms with Crippen molar-refractivity contribution in [2.24, 2.45) is 0 Å². The van der Waals surface area contributed by atoms with Crippen LogP contribution in [0.5, 0.6) is 0 Å². The van der Waals surface area contributed by atoms with Crippen molar-refractivity contribution in [1.29, 1.82) is 0 Å². The Morgan fingerprint density at radius 2 is 2.29 bits per heavy atom. The molecule has 6 nitrogen and oxygen atoms in total. The third kappa shape index (κ3) is 4.01. The largest absolute Gasteiger partial charge is 0.348 e. The van der Waals surface area contributed by atoms with Gasteiger partial charge in [0.15, 0.2) is 5.69 Å². The van der Waals surface area contributed by atoms with E-state index >= 15 is 0 Å². The standard InChI is InChI=1S/C17H24N4O2S/c1-3-9-24-12(2)17(23)20-7-4-8-21-14(11-20)10-15(19-21)16(22)18-13-5-6-13/h3,10,12-13H,1,4-9,11H2,2H3,(H,18,22). The first-order valence-electron chi connectivity index (χ1n) is 8.47. The van der Waals surface area contributed by atoms with Crippen LogP contribution in [0.2, 0.25) is 0 Å². The molecule has 0 saturated heterocycles. The summed E-state index contributed by atoms with van der Waals surface area (Å²) in [5.74, 6) is 0.802. The summed E-state index contributed by atoms with van der Waals surface area (Å²) < 4.78 is 1.87. The van der Waals surface area contributed by atoms with Crippen LogP contribution in [-0.2, 0) is 17.9 Å². The van der Waals surface area contributed by atoms with E-state index in [2.05, 4.69) is 17.0 Å². The predicted octanol–water partition coefficient (Wildman–Crippen LogP) is 1.82. The number of carbonyl (C=O) groups is 2. The Hall–Kier alpha value is -1.76. The summed E-state index contributed by atoms with van der Waals surface area (Å²) in [6, 6.07) is 2.14. The molecule has 1 aliphatic carbocycles. The van der Waals surface area contributed by atoms with Crippen LogP contribution in [0.25, 0.3) is 0 Å². The van der Waals surface area contributed by atoms with Gasteiger partial charge in [-0.2, -0.15) is 5.10 Å². The van der Waals surface area contributed by atoms with Gasteiger partial charge in [0.25, 0.3) is 5.91 Å². The molecule has 1 fully saturated rings. The maximum Gasteiger partial charge on any atom is 0.272 e. The average molecular weight is 348 g/mol. The number of aromatic nitrogens is 2. The van der Waals surface area contributed by atoms with Gasteiger partial charge in [-0.05, 0) is 32.3 Å². The van der Waals surface area contributed by atoms with Gasteiger partial charge in [-0.1, -0.05) is 6.08 Å². The molecule has 1 aromatic rings. The van der Waals surface area contributed by atoms with Gasteiger partial charge in [0.05, 0.1) is 17.5 Å². The second kappa shape index (κ2) is 7.42. The topological polar surface area (TPSA) is 67.2 Å². The Morgan fingerprint density at radius 3 is 3.00 bits per heavy atom. The van der Waals surface area contributed by atoms with Crippen molar-refractivity contribution in [3.8, 4) is 0 Å². The first kappa shape index (κ1) is 17.1. The molecule has 2 amide bonds. The van der Waals surface area contributed by atoms with Gasteiger partial charge in [-0.3, -0.25) is 14.3 Å². The van der Waals surface area contributed by atoms with E-state index in [0.717, 1.165) is 43.8 Å². The number of thioether (sulfide) groups is 1. The lowest BCUT2D eigenvalue weighted by Crippen LogP contribution is -2.36. The summed E-state index contributed by atoms with van der Waals surface area (Å²) in [5, 5.41) is 7.30. The molecule has 1 N–H and O–H groups in total. The van der Waals surface area contributed by atoms with Gasteiger partial charge in [0.2, 0.25) is 5.91 Å². The Morgan fingerprint density at radius 1 is 1.50 bits per heavy atom. The highest BCUT2D eigenvalue weighted by atomic mass is 32.2. The molecule has 0 aromatic carbocycles. The summed E-state index contributed by atoms with van der Waals surface area (Å²) in [6.45, 7) is 7.62. The minimum absolute atomic E-state index is 0.0879. The van der Waals surface area contributed by atoms with Gasteiger partial charge in [0, 0.05) is 24.9 Å². The molecule has 7 heteroatoms. The highest BCUT2D eigenvalue weighted by Gasteiger charge is 2.28. The van der Waals surface area contributed by atoms with E-state index < -0.39 is 0 Å². The van der Waals surface area contributed by atoms with Crippen molar-refractivity contribution in [1.82, 2.24) is 20.0 Å². The Balaban J connectivity index is 1.67. The lowest BCUT2D eigenvalue weighted by molar-refractivity contribution is -0.130. The molecule has 3 rings (SSSR count). The van der Waals surface area contributed by atoms with Crippen molar-refractivity contribution in [3.05, 3.63) is 30.1 Å². The van der Waals surface area contributed by atoms with Crippen molar-refractivity contribution >= 4 is 23.6 Å². The predicted molar refractivity (Wildman–Crippen MR) is 94.9 cm³/mol. The fraction of sp³-hybridized carbons (Fsp3) is 0.588. The zero-order valence-corrected chi connectivity index (χ0v) is 14.8. The monoisotopic (exact) mass is 348 g/mol. The quantitative estimate of drug-likeness (QED) is 0.796. The maximum atomic E-state index is 12.6. The zero-order valence-electron chi connectivity index (χ0n) is 14.0. The van der Waals surface area contributed by atoms with E-state index in [1.54, 1.807) is 11.8 Å². The summed E-state index contributed by atoms with van der Waals surface area (Å²) in [4.78, 5) is 26.7. The van der Waals surface area contributed by atoms with E-state index in [1.807, 2.05) is 28.6 Å².